The van der Waals surface area contributed by atoms with E-state index in [0.717, 1.165) is 5.39 Å². The number of anilines is 1. The van der Waals surface area contributed by atoms with Crippen LogP contribution in [0, 0.1) is 0 Å². The van der Waals surface area contributed by atoms with Crippen LogP contribution in [0.3, 0.4) is 0 Å². The SMILES string of the molecule is NC(=O)c1ccc(N=c2oc3ccccc3cc2C(=O)Nc2ccccc2)cc1. The molecule has 6 heteroatoms. The first-order chi connectivity index (χ1) is 14.1. The minimum absolute atomic E-state index is 0.170. The van der Waals surface area contributed by atoms with Crippen LogP contribution in [0.25, 0.3) is 11.0 Å². The van der Waals surface area contributed by atoms with Crippen molar-refractivity contribution in [1.82, 2.24) is 0 Å². The van der Waals surface area contributed by atoms with E-state index in [4.69, 9.17) is 10.2 Å². The topological polar surface area (TPSA) is 97.7 Å². The third-order valence-corrected chi connectivity index (χ3v) is 4.31. The molecule has 0 radical (unpaired) electrons. The van der Waals surface area contributed by atoms with Gasteiger partial charge in [-0.25, -0.2) is 4.99 Å². The molecule has 0 aliphatic rings. The van der Waals surface area contributed by atoms with Crippen molar-refractivity contribution in [3.63, 3.8) is 0 Å². The number of carbonyl (C=O) groups is 2. The molecular weight excluding hydrogens is 366 g/mol. The number of fused-ring (bicyclic) bond motifs is 1. The van der Waals surface area contributed by atoms with E-state index in [2.05, 4.69) is 10.3 Å². The summed E-state index contributed by atoms with van der Waals surface area (Å²) in [5.74, 6) is -0.854. The molecule has 0 saturated heterocycles. The van der Waals surface area contributed by atoms with Gasteiger partial charge >= 0.3 is 0 Å². The molecule has 29 heavy (non-hydrogen) atoms. The maximum absolute atomic E-state index is 12.9. The van der Waals surface area contributed by atoms with Crippen molar-refractivity contribution in [2.24, 2.45) is 10.7 Å². The van der Waals surface area contributed by atoms with Crippen molar-refractivity contribution >= 4 is 34.2 Å². The fourth-order valence-electron chi connectivity index (χ4n) is 2.85. The summed E-state index contributed by atoms with van der Waals surface area (Å²) in [5, 5.41) is 3.64. The van der Waals surface area contributed by atoms with Crippen LogP contribution in [0.1, 0.15) is 20.7 Å². The van der Waals surface area contributed by atoms with E-state index in [9.17, 15) is 9.59 Å². The van der Waals surface area contributed by atoms with E-state index < -0.39 is 5.91 Å². The van der Waals surface area contributed by atoms with Crippen LogP contribution in [-0.2, 0) is 0 Å². The van der Waals surface area contributed by atoms with Gasteiger partial charge in [0, 0.05) is 16.6 Å². The fraction of sp³-hybridized carbons (Fsp3) is 0. The predicted molar refractivity (Wildman–Crippen MR) is 111 cm³/mol. The largest absolute Gasteiger partial charge is 0.438 e. The molecule has 0 spiro atoms. The zero-order chi connectivity index (χ0) is 20.2. The Kier molecular flexibility index (Phi) is 4.90. The Bertz CT molecular complexity index is 1260. The zero-order valence-electron chi connectivity index (χ0n) is 15.3. The highest BCUT2D eigenvalue weighted by molar-refractivity contribution is 6.05. The Morgan fingerprint density at radius 1 is 0.862 bits per heavy atom. The molecule has 2 amide bonds. The van der Waals surface area contributed by atoms with Crippen LogP contribution >= 0.6 is 0 Å². The monoisotopic (exact) mass is 383 g/mol. The van der Waals surface area contributed by atoms with Gasteiger partial charge in [0.1, 0.15) is 11.1 Å². The van der Waals surface area contributed by atoms with Gasteiger partial charge in [0.2, 0.25) is 11.5 Å². The number of hydrogen-bond donors (Lipinski definition) is 2. The number of amides is 2. The second kappa shape index (κ2) is 7.82. The first-order valence-corrected chi connectivity index (χ1v) is 8.94. The number of primary amides is 1. The Hall–Kier alpha value is -4.19. The Morgan fingerprint density at radius 3 is 2.28 bits per heavy atom. The summed E-state index contributed by atoms with van der Waals surface area (Å²) in [6.07, 6.45) is 0. The predicted octanol–water partition coefficient (Wildman–Crippen LogP) is 4.02. The molecule has 0 aliphatic heterocycles. The molecule has 142 valence electrons. The van der Waals surface area contributed by atoms with E-state index >= 15 is 0 Å². The van der Waals surface area contributed by atoms with Gasteiger partial charge in [0.25, 0.3) is 5.91 Å². The molecule has 4 aromatic rings. The van der Waals surface area contributed by atoms with Gasteiger partial charge in [0.05, 0.1) is 5.69 Å². The smallest absolute Gasteiger partial charge is 0.261 e. The molecule has 0 aliphatic carbocycles. The summed E-state index contributed by atoms with van der Waals surface area (Å²) in [5.41, 5.74) is 7.93. The fourth-order valence-corrected chi connectivity index (χ4v) is 2.85. The Morgan fingerprint density at radius 2 is 1.55 bits per heavy atom. The highest BCUT2D eigenvalue weighted by Crippen LogP contribution is 2.17. The molecule has 4 rings (SSSR count). The summed E-state index contributed by atoms with van der Waals surface area (Å²) in [6.45, 7) is 0. The maximum atomic E-state index is 12.9. The summed E-state index contributed by atoms with van der Waals surface area (Å²) in [7, 11) is 0. The average molecular weight is 383 g/mol. The van der Waals surface area contributed by atoms with Crippen LogP contribution in [0.15, 0.2) is 94.3 Å². The quantitative estimate of drug-likeness (QED) is 0.557. The molecule has 0 bridgehead atoms. The van der Waals surface area contributed by atoms with Gasteiger partial charge in [-0.15, -0.1) is 0 Å². The maximum Gasteiger partial charge on any atom is 0.261 e. The number of rotatable bonds is 4. The van der Waals surface area contributed by atoms with Crippen LogP contribution in [0.4, 0.5) is 11.4 Å². The van der Waals surface area contributed by atoms with Crippen molar-refractivity contribution in [2.45, 2.75) is 0 Å². The lowest BCUT2D eigenvalue weighted by Gasteiger charge is -2.07. The first kappa shape index (κ1) is 18.2. The molecular formula is C23H17N3O3. The van der Waals surface area contributed by atoms with E-state index in [1.807, 2.05) is 42.5 Å². The standard InChI is InChI=1S/C23H17N3O3/c24-21(27)15-10-12-18(13-11-15)26-23-19(14-16-6-4-5-9-20(16)29-23)22(28)25-17-7-2-1-3-8-17/h1-14H,(H2,24,27)(H,25,28). The molecule has 6 nitrogen and oxygen atoms in total. The van der Waals surface area contributed by atoms with Gasteiger partial charge in [0.15, 0.2) is 0 Å². The molecule has 1 heterocycles. The van der Waals surface area contributed by atoms with Crippen LogP contribution in [-0.4, -0.2) is 11.8 Å². The number of nitrogens with one attached hydrogen (secondary N) is 1. The summed E-state index contributed by atoms with van der Waals surface area (Å²) in [6, 6.07) is 24.7. The summed E-state index contributed by atoms with van der Waals surface area (Å²) >= 11 is 0. The van der Waals surface area contributed by atoms with Crippen molar-refractivity contribution in [1.29, 1.82) is 0 Å². The lowest BCUT2D eigenvalue weighted by atomic mass is 10.1. The van der Waals surface area contributed by atoms with Gasteiger partial charge in [-0.3, -0.25) is 9.59 Å². The highest BCUT2D eigenvalue weighted by atomic mass is 16.3. The van der Waals surface area contributed by atoms with Crippen molar-refractivity contribution in [3.05, 3.63) is 102 Å². The minimum Gasteiger partial charge on any atom is -0.438 e. The average Bonchev–Trinajstić information content (AvgIpc) is 2.74. The van der Waals surface area contributed by atoms with Crippen LogP contribution in [0.2, 0.25) is 0 Å². The number of para-hydroxylation sites is 2. The molecule has 0 unspecified atom stereocenters. The van der Waals surface area contributed by atoms with E-state index in [1.165, 1.54) is 0 Å². The lowest BCUT2D eigenvalue weighted by Crippen LogP contribution is -2.21. The van der Waals surface area contributed by atoms with Crippen molar-refractivity contribution in [2.75, 3.05) is 5.32 Å². The number of benzene rings is 3. The molecule has 1 aromatic heterocycles. The summed E-state index contributed by atoms with van der Waals surface area (Å²) < 4.78 is 5.91. The number of nitrogens with zero attached hydrogens (tertiary/aromatic N) is 1. The van der Waals surface area contributed by atoms with E-state index in [-0.39, 0.29) is 11.5 Å². The third kappa shape index (κ3) is 4.06. The van der Waals surface area contributed by atoms with Crippen LogP contribution in [0.5, 0.6) is 0 Å². The van der Waals surface area contributed by atoms with Gasteiger partial charge in [-0.1, -0.05) is 36.4 Å². The molecule has 0 fully saturated rings. The number of hydrogen-bond acceptors (Lipinski definition) is 4. The normalized spacial score (nSPS) is 11.4. The Labute approximate surface area is 166 Å². The van der Waals surface area contributed by atoms with E-state index in [0.29, 0.717) is 28.1 Å². The van der Waals surface area contributed by atoms with Gasteiger partial charge in [-0.05, 0) is 48.5 Å². The molecule has 0 saturated carbocycles. The zero-order valence-corrected chi connectivity index (χ0v) is 15.3. The Balaban J connectivity index is 1.81. The number of nitrogens with two attached hydrogens (primary N) is 1. The second-order valence-electron chi connectivity index (χ2n) is 6.35. The molecule has 3 N–H and O–H groups in total. The summed E-state index contributed by atoms with van der Waals surface area (Å²) in [4.78, 5) is 28.6. The molecule has 0 atom stereocenters. The third-order valence-electron chi connectivity index (χ3n) is 4.31. The van der Waals surface area contributed by atoms with Crippen molar-refractivity contribution < 1.29 is 14.0 Å². The lowest BCUT2D eigenvalue weighted by molar-refractivity contribution is 0.0997. The van der Waals surface area contributed by atoms with Gasteiger partial charge in [-0.2, -0.15) is 0 Å². The number of carbonyl (C=O) groups excluding carboxylic acids is 2. The minimum atomic E-state index is -0.519. The van der Waals surface area contributed by atoms with Crippen LogP contribution < -0.4 is 16.6 Å². The first-order valence-electron chi connectivity index (χ1n) is 8.94. The van der Waals surface area contributed by atoms with E-state index in [1.54, 1.807) is 42.5 Å². The second-order valence-corrected chi connectivity index (χ2v) is 6.35. The van der Waals surface area contributed by atoms with Gasteiger partial charge < -0.3 is 15.5 Å². The van der Waals surface area contributed by atoms with Crippen molar-refractivity contribution in [3.8, 4) is 0 Å². The molecule has 3 aromatic carbocycles. The highest BCUT2D eigenvalue weighted by Gasteiger charge is 2.13.